The molecule has 0 spiro atoms. The molecule has 0 aliphatic heterocycles. The van der Waals surface area contributed by atoms with Crippen LogP contribution in [0.4, 0.5) is 0 Å². The van der Waals surface area contributed by atoms with E-state index in [2.05, 4.69) is 45.1 Å². The Morgan fingerprint density at radius 1 is 0.268 bits per heavy atom. The molecule has 0 amide bonds. The van der Waals surface area contributed by atoms with Gasteiger partial charge >= 0.3 is 17.9 Å². The Bertz CT molecular complexity index is 1150. The van der Waals surface area contributed by atoms with Crippen molar-refractivity contribution in [2.24, 2.45) is 0 Å². The highest BCUT2D eigenvalue weighted by molar-refractivity contribution is 5.71. The molecule has 0 heterocycles. The van der Waals surface area contributed by atoms with Crippen LogP contribution in [0, 0.1) is 0 Å². The largest absolute Gasteiger partial charge is 0.462 e. The number of hydrogen-bond donors (Lipinski definition) is 0. The summed E-state index contributed by atoms with van der Waals surface area (Å²) in [5.74, 6) is -0.855. The van der Waals surface area contributed by atoms with Gasteiger partial charge in [0.05, 0.1) is 0 Å². The first kappa shape index (κ1) is 68.9. The van der Waals surface area contributed by atoms with Crippen molar-refractivity contribution in [3.8, 4) is 0 Å². The Morgan fingerprint density at radius 3 is 0.704 bits per heavy atom. The van der Waals surface area contributed by atoms with E-state index in [0.717, 1.165) is 64.2 Å². The quantitative estimate of drug-likeness (QED) is 0.0261. The molecule has 0 fully saturated rings. The lowest BCUT2D eigenvalue weighted by Crippen LogP contribution is -2.30. The summed E-state index contributed by atoms with van der Waals surface area (Å²) >= 11 is 0. The molecular weight excluding hydrogens is 877 g/mol. The highest BCUT2D eigenvalue weighted by Gasteiger charge is 2.19. The van der Waals surface area contributed by atoms with Crippen molar-refractivity contribution in [3.63, 3.8) is 0 Å². The van der Waals surface area contributed by atoms with Crippen molar-refractivity contribution in [3.05, 3.63) is 24.3 Å². The zero-order valence-corrected chi connectivity index (χ0v) is 48.0. The second kappa shape index (κ2) is 60.4. The van der Waals surface area contributed by atoms with Gasteiger partial charge in [-0.1, -0.05) is 289 Å². The molecule has 0 aromatic carbocycles. The molecular formula is C65H122O6. The summed E-state index contributed by atoms with van der Waals surface area (Å²) in [4.78, 5) is 38.3. The van der Waals surface area contributed by atoms with Crippen LogP contribution in [0.2, 0.25) is 0 Å². The van der Waals surface area contributed by atoms with Gasteiger partial charge in [0, 0.05) is 19.3 Å². The number of unbranched alkanes of at least 4 members (excludes halogenated alkanes) is 44. The molecule has 418 valence electrons. The average molecular weight is 1000 g/mol. The molecule has 0 aliphatic carbocycles. The first-order valence-corrected chi connectivity index (χ1v) is 31.8. The number of allylic oxidation sites excluding steroid dienone is 4. The molecule has 0 saturated heterocycles. The molecule has 0 bridgehead atoms. The first-order chi connectivity index (χ1) is 35.0. The molecule has 0 aliphatic rings. The summed E-state index contributed by atoms with van der Waals surface area (Å²) in [5.41, 5.74) is 0. The van der Waals surface area contributed by atoms with E-state index in [-0.39, 0.29) is 31.1 Å². The van der Waals surface area contributed by atoms with Gasteiger partial charge in [-0.2, -0.15) is 0 Å². The Hall–Kier alpha value is -2.11. The highest BCUT2D eigenvalue weighted by atomic mass is 16.6. The Morgan fingerprint density at radius 2 is 0.465 bits per heavy atom. The van der Waals surface area contributed by atoms with Crippen molar-refractivity contribution in [2.45, 2.75) is 361 Å². The van der Waals surface area contributed by atoms with Crippen LogP contribution in [-0.2, 0) is 28.6 Å². The molecule has 0 unspecified atom stereocenters. The number of rotatable bonds is 59. The first-order valence-electron chi connectivity index (χ1n) is 31.8. The predicted molar refractivity (Wildman–Crippen MR) is 307 cm³/mol. The lowest BCUT2D eigenvalue weighted by atomic mass is 10.0. The van der Waals surface area contributed by atoms with E-state index in [9.17, 15) is 14.4 Å². The summed E-state index contributed by atoms with van der Waals surface area (Å²) in [6, 6.07) is 0. The normalized spacial score (nSPS) is 12.1. The smallest absolute Gasteiger partial charge is 0.306 e. The van der Waals surface area contributed by atoms with Crippen molar-refractivity contribution in [1.29, 1.82) is 0 Å². The Balaban J connectivity index is 4.31. The van der Waals surface area contributed by atoms with E-state index in [4.69, 9.17) is 14.2 Å². The van der Waals surface area contributed by atoms with Crippen LogP contribution in [-0.4, -0.2) is 37.2 Å². The maximum absolute atomic E-state index is 12.9. The van der Waals surface area contributed by atoms with Crippen molar-refractivity contribution in [1.82, 2.24) is 0 Å². The van der Waals surface area contributed by atoms with Gasteiger partial charge in [-0.25, -0.2) is 0 Å². The van der Waals surface area contributed by atoms with Gasteiger partial charge in [0.15, 0.2) is 6.10 Å². The molecule has 6 nitrogen and oxygen atoms in total. The van der Waals surface area contributed by atoms with Crippen molar-refractivity contribution in [2.75, 3.05) is 13.2 Å². The van der Waals surface area contributed by atoms with Gasteiger partial charge < -0.3 is 14.2 Å². The molecule has 1 atom stereocenters. The fraction of sp³-hybridized carbons (Fsp3) is 0.892. The van der Waals surface area contributed by atoms with Gasteiger partial charge in [0.25, 0.3) is 0 Å². The third-order valence-corrected chi connectivity index (χ3v) is 14.4. The summed E-state index contributed by atoms with van der Waals surface area (Å²) in [5, 5.41) is 0. The number of hydrogen-bond acceptors (Lipinski definition) is 6. The number of carbonyl (C=O) groups excluding carboxylic acids is 3. The lowest BCUT2D eigenvalue weighted by Gasteiger charge is -2.18. The van der Waals surface area contributed by atoms with Crippen LogP contribution < -0.4 is 0 Å². The van der Waals surface area contributed by atoms with E-state index in [1.54, 1.807) is 0 Å². The average Bonchev–Trinajstić information content (AvgIpc) is 3.37. The minimum Gasteiger partial charge on any atom is -0.462 e. The van der Waals surface area contributed by atoms with Gasteiger partial charge in [0.2, 0.25) is 0 Å². The van der Waals surface area contributed by atoms with Crippen LogP contribution in [0.3, 0.4) is 0 Å². The summed E-state index contributed by atoms with van der Waals surface area (Å²) < 4.78 is 16.9. The molecule has 0 saturated carbocycles. The standard InChI is InChI=1S/C65H122O6/c1-4-7-10-13-16-19-22-25-28-30-32-34-37-39-42-45-48-51-54-57-63(66)69-60-62(71-65(68)59-56-53-50-47-44-41-36-27-24-21-18-15-12-9-6-3)61-70-64(67)58-55-52-49-46-43-40-38-35-33-31-29-26-23-20-17-14-11-8-5-2/h25,27-28,36,62H,4-24,26,29-35,37-61H2,1-3H3/b28-25-,36-27-/t62-/m1/s1. The van der Waals surface area contributed by atoms with Gasteiger partial charge in [0.1, 0.15) is 13.2 Å². The number of ether oxygens (including phenoxy) is 3. The van der Waals surface area contributed by atoms with E-state index >= 15 is 0 Å². The number of carbonyl (C=O) groups is 3. The van der Waals surface area contributed by atoms with Crippen LogP contribution in [0.5, 0.6) is 0 Å². The van der Waals surface area contributed by atoms with Gasteiger partial charge in [-0.3, -0.25) is 14.4 Å². The van der Waals surface area contributed by atoms with E-state index < -0.39 is 6.10 Å². The van der Waals surface area contributed by atoms with E-state index in [1.165, 1.54) is 250 Å². The Kier molecular flexibility index (Phi) is 58.6. The monoisotopic (exact) mass is 999 g/mol. The molecule has 6 heteroatoms. The molecule has 0 rings (SSSR count). The van der Waals surface area contributed by atoms with Crippen molar-refractivity contribution < 1.29 is 28.6 Å². The maximum Gasteiger partial charge on any atom is 0.306 e. The topological polar surface area (TPSA) is 78.9 Å². The Labute approximate surface area is 443 Å². The SMILES string of the molecule is CCCCCCCC/C=C\CCCCCCCCCCCC(=O)OC[C@H](COC(=O)CCCCCCCCCCCCCCCCCCCCC)OC(=O)CCCCCCC/C=C\CCCCCCCC. The third-order valence-electron chi connectivity index (χ3n) is 14.4. The minimum absolute atomic E-state index is 0.0701. The van der Waals surface area contributed by atoms with Crippen molar-refractivity contribution >= 4 is 17.9 Å². The van der Waals surface area contributed by atoms with Crippen LogP contribution in [0.25, 0.3) is 0 Å². The molecule has 71 heavy (non-hydrogen) atoms. The summed E-state index contributed by atoms with van der Waals surface area (Å²) in [6.45, 7) is 6.69. The molecule has 0 aromatic heterocycles. The van der Waals surface area contributed by atoms with Crippen LogP contribution in [0.15, 0.2) is 24.3 Å². The third kappa shape index (κ3) is 58.7. The fourth-order valence-electron chi connectivity index (χ4n) is 9.61. The summed E-state index contributed by atoms with van der Waals surface area (Å²) in [7, 11) is 0. The zero-order chi connectivity index (χ0) is 51.4. The van der Waals surface area contributed by atoms with Gasteiger partial charge in [-0.15, -0.1) is 0 Å². The molecule has 0 N–H and O–H groups in total. The highest BCUT2D eigenvalue weighted by Crippen LogP contribution is 2.17. The van der Waals surface area contributed by atoms with E-state index in [0.29, 0.717) is 19.3 Å². The number of esters is 3. The van der Waals surface area contributed by atoms with Gasteiger partial charge in [-0.05, 0) is 70.6 Å². The van der Waals surface area contributed by atoms with Crippen LogP contribution >= 0.6 is 0 Å². The zero-order valence-electron chi connectivity index (χ0n) is 48.0. The van der Waals surface area contributed by atoms with Crippen LogP contribution in [0.1, 0.15) is 355 Å². The summed E-state index contributed by atoms with van der Waals surface area (Å²) in [6.07, 6.45) is 71.8. The molecule has 0 aromatic rings. The minimum atomic E-state index is -0.773. The molecule has 0 radical (unpaired) electrons. The van der Waals surface area contributed by atoms with E-state index in [1.807, 2.05) is 0 Å². The maximum atomic E-state index is 12.9. The second-order valence-electron chi connectivity index (χ2n) is 21.7. The lowest BCUT2D eigenvalue weighted by molar-refractivity contribution is -0.167. The predicted octanol–water partition coefficient (Wildman–Crippen LogP) is 21.4. The second-order valence-corrected chi connectivity index (χ2v) is 21.7. The fourth-order valence-corrected chi connectivity index (χ4v) is 9.61.